The number of benzene rings is 1. The zero-order valence-electron chi connectivity index (χ0n) is 10.3. The number of hydrogen-bond acceptors (Lipinski definition) is 6. The Balaban J connectivity index is 1.60. The topological polar surface area (TPSA) is 72.2 Å². The molecule has 0 saturated heterocycles. The molecule has 10 heteroatoms. The molecule has 0 bridgehead atoms. The number of halogens is 2. The molecule has 0 spiro atoms. The van der Waals surface area contributed by atoms with E-state index >= 15 is 0 Å². The Morgan fingerprint density at radius 3 is 3.05 bits per heavy atom. The van der Waals surface area contributed by atoms with Crippen LogP contribution in [-0.4, -0.2) is 31.5 Å². The second kappa shape index (κ2) is 5.74. The fourth-order valence-corrected chi connectivity index (χ4v) is 3.17. The van der Waals surface area contributed by atoms with E-state index in [4.69, 9.17) is 0 Å². The predicted octanol–water partition coefficient (Wildman–Crippen LogP) is 2.19. The van der Waals surface area contributed by atoms with E-state index in [1.165, 1.54) is 40.0 Å². The van der Waals surface area contributed by atoms with Crippen molar-refractivity contribution >= 4 is 39.7 Å². The number of thioether (sulfide) groups is 1. The Kier molecular flexibility index (Phi) is 3.80. The van der Waals surface area contributed by atoms with Crippen molar-refractivity contribution in [3.8, 4) is 0 Å². The Morgan fingerprint density at radius 1 is 1.43 bits per heavy atom. The minimum atomic E-state index is -0.813. The SMILES string of the molecule is O=C(CSc1nn2cnnc2s1)Nc1ccc(F)cc1F. The zero-order chi connectivity index (χ0) is 14.8. The van der Waals surface area contributed by atoms with Gasteiger partial charge in [0.05, 0.1) is 11.4 Å². The number of nitrogens with one attached hydrogen (secondary N) is 1. The highest BCUT2D eigenvalue weighted by Crippen LogP contribution is 2.24. The number of anilines is 1. The average Bonchev–Trinajstić information content (AvgIpc) is 3.00. The van der Waals surface area contributed by atoms with Crippen LogP contribution in [0.2, 0.25) is 0 Å². The third-order valence-corrected chi connectivity index (χ3v) is 4.45. The lowest BCUT2D eigenvalue weighted by atomic mass is 10.3. The van der Waals surface area contributed by atoms with Gasteiger partial charge in [-0.15, -0.1) is 15.3 Å². The summed E-state index contributed by atoms with van der Waals surface area (Å²) >= 11 is 2.49. The van der Waals surface area contributed by atoms with Crippen LogP contribution in [0.3, 0.4) is 0 Å². The number of nitrogens with zero attached hydrogens (tertiary/aromatic N) is 4. The lowest BCUT2D eigenvalue weighted by Crippen LogP contribution is -2.15. The second-order valence-corrected chi connectivity index (χ2v) is 6.07. The smallest absolute Gasteiger partial charge is 0.235 e. The summed E-state index contributed by atoms with van der Waals surface area (Å²) in [6.45, 7) is 0. The first-order chi connectivity index (χ1) is 10.1. The summed E-state index contributed by atoms with van der Waals surface area (Å²) in [4.78, 5) is 12.4. The Morgan fingerprint density at radius 2 is 2.29 bits per heavy atom. The number of aromatic nitrogens is 4. The molecule has 0 fully saturated rings. The quantitative estimate of drug-likeness (QED) is 0.744. The van der Waals surface area contributed by atoms with Crippen LogP contribution in [-0.2, 0) is 4.79 Å². The highest BCUT2D eigenvalue weighted by Gasteiger charge is 2.11. The molecule has 0 aliphatic rings. The Bertz CT molecular complexity index is 774. The molecule has 2 heterocycles. The van der Waals surface area contributed by atoms with Crippen molar-refractivity contribution in [3.63, 3.8) is 0 Å². The standard InChI is InChI=1S/C11H7F2N5OS2/c12-6-1-2-8(7(13)3-6)15-9(19)4-20-11-17-18-5-14-16-10(18)21-11/h1-3,5H,4H2,(H,15,19). The van der Waals surface area contributed by atoms with E-state index in [0.717, 1.165) is 6.07 Å². The molecule has 108 valence electrons. The monoisotopic (exact) mass is 327 g/mol. The third-order valence-electron chi connectivity index (χ3n) is 2.40. The van der Waals surface area contributed by atoms with Crippen LogP contribution in [0.15, 0.2) is 28.9 Å². The molecule has 1 amide bonds. The maximum atomic E-state index is 13.4. The highest BCUT2D eigenvalue weighted by molar-refractivity contribution is 8.01. The fraction of sp³-hybridized carbons (Fsp3) is 0.0909. The molecule has 0 atom stereocenters. The molecular formula is C11H7F2N5OS2. The van der Waals surface area contributed by atoms with Crippen molar-refractivity contribution in [1.82, 2.24) is 19.8 Å². The molecule has 21 heavy (non-hydrogen) atoms. The van der Waals surface area contributed by atoms with Crippen molar-refractivity contribution in [3.05, 3.63) is 36.2 Å². The number of hydrogen-bond donors (Lipinski definition) is 1. The summed E-state index contributed by atoms with van der Waals surface area (Å²) in [5.74, 6) is -1.86. The highest BCUT2D eigenvalue weighted by atomic mass is 32.2. The number of fused-ring (bicyclic) bond motifs is 1. The van der Waals surface area contributed by atoms with Crippen LogP contribution >= 0.6 is 23.1 Å². The largest absolute Gasteiger partial charge is 0.323 e. The van der Waals surface area contributed by atoms with E-state index in [-0.39, 0.29) is 11.4 Å². The van der Waals surface area contributed by atoms with Gasteiger partial charge in [-0.05, 0) is 12.1 Å². The maximum absolute atomic E-state index is 13.4. The minimum absolute atomic E-state index is 0.0554. The van der Waals surface area contributed by atoms with E-state index in [9.17, 15) is 13.6 Å². The molecule has 0 aliphatic carbocycles. The zero-order valence-corrected chi connectivity index (χ0v) is 11.9. The van der Waals surface area contributed by atoms with Crippen molar-refractivity contribution in [1.29, 1.82) is 0 Å². The van der Waals surface area contributed by atoms with Gasteiger partial charge in [0, 0.05) is 6.07 Å². The Labute approximate surface area is 125 Å². The van der Waals surface area contributed by atoms with Gasteiger partial charge < -0.3 is 5.32 Å². The molecular weight excluding hydrogens is 320 g/mol. The third kappa shape index (κ3) is 3.16. The first kappa shape index (κ1) is 13.9. The van der Waals surface area contributed by atoms with Gasteiger partial charge in [-0.3, -0.25) is 4.79 Å². The van der Waals surface area contributed by atoms with Gasteiger partial charge in [0.25, 0.3) is 0 Å². The van der Waals surface area contributed by atoms with Gasteiger partial charge in [-0.1, -0.05) is 23.1 Å². The van der Waals surface area contributed by atoms with Gasteiger partial charge in [0.15, 0.2) is 4.34 Å². The van der Waals surface area contributed by atoms with E-state index < -0.39 is 17.5 Å². The average molecular weight is 327 g/mol. The van der Waals surface area contributed by atoms with Gasteiger partial charge in [0.1, 0.15) is 18.0 Å². The second-order valence-electron chi connectivity index (χ2n) is 3.89. The number of carbonyl (C=O) groups excluding carboxylic acids is 1. The van der Waals surface area contributed by atoms with Crippen molar-refractivity contribution in [2.75, 3.05) is 11.1 Å². The molecule has 1 N–H and O–H groups in total. The molecule has 2 aromatic heterocycles. The van der Waals surface area contributed by atoms with E-state index in [0.29, 0.717) is 15.4 Å². The summed E-state index contributed by atoms with van der Waals surface area (Å²) in [7, 11) is 0. The van der Waals surface area contributed by atoms with Crippen LogP contribution in [0, 0.1) is 11.6 Å². The van der Waals surface area contributed by atoms with Gasteiger partial charge in [-0.2, -0.15) is 4.52 Å². The van der Waals surface area contributed by atoms with Crippen LogP contribution < -0.4 is 5.32 Å². The van der Waals surface area contributed by atoms with Crippen LogP contribution in [0.4, 0.5) is 14.5 Å². The predicted molar refractivity (Wildman–Crippen MR) is 74.4 cm³/mol. The number of carbonyl (C=O) groups is 1. The molecule has 0 radical (unpaired) electrons. The summed E-state index contributed by atoms with van der Waals surface area (Å²) in [5.41, 5.74) is -0.0554. The van der Waals surface area contributed by atoms with Crippen LogP contribution in [0.5, 0.6) is 0 Å². The molecule has 1 aromatic carbocycles. The van der Waals surface area contributed by atoms with Gasteiger partial charge >= 0.3 is 0 Å². The lowest BCUT2D eigenvalue weighted by molar-refractivity contribution is -0.113. The fourth-order valence-electron chi connectivity index (χ4n) is 1.50. The molecule has 0 saturated carbocycles. The summed E-state index contributed by atoms with van der Waals surface area (Å²) < 4.78 is 28.3. The van der Waals surface area contributed by atoms with Gasteiger partial charge in [0.2, 0.25) is 10.9 Å². The number of amides is 1. The summed E-state index contributed by atoms with van der Waals surface area (Å²) in [6.07, 6.45) is 1.46. The van der Waals surface area contributed by atoms with Crippen molar-refractivity contribution in [2.45, 2.75) is 4.34 Å². The molecule has 6 nitrogen and oxygen atoms in total. The van der Waals surface area contributed by atoms with Crippen LogP contribution in [0.25, 0.3) is 4.96 Å². The van der Waals surface area contributed by atoms with Crippen molar-refractivity contribution < 1.29 is 13.6 Å². The van der Waals surface area contributed by atoms with E-state index in [1.807, 2.05) is 0 Å². The molecule has 3 aromatic rings. The first-order valence-electron chi connectivity index (χ1n) is 5.66. The molecule has 3 rings (SSSR count). The normalized spacial score (nSPS) is 11.0. The minimum Gasteiger partial charge on any atom is -0.323 e. The van der Waals surface area contributed by atoms with E-state index in [2.05, 4.69) is 20.6 Å². The molecule has 0 unspecified atom stereocenters. The molecule has 0 aliphatic heterocycles. The van der Waals surface area contributed by atoms with Gasteiger partial charge in [-0.25, -0.2) is 8.78 Å². The maximum Gasteiger partial charge on any atom is 0.235 e. The summed E-state index contributed by atoms with van der Waals surface area (Å²) in [5, 5.41) is 14.0. The van der Waals surface area contributed by atoms with E-state index in [1.54, 1.807) is 0 Å². The number of rotatable bonds is 4. The first-order valence-corrected chi connectivity index (χ1v) is 7.46. The van der Waals surface area contributed by atoms with Crippen LogP contribution in [0.1, 0.15) is 0 Å². The Hall–Kier alpha value is -2.07. The lowest BCUT2D eigenvalue weighted by Gasteiger charge is -2.05. The van der Waals surface area contributed by atoms with Crippen molar-refractivity contribution in [2.24, 2.45) is 0 Å². The summed E-state index contributed by atoms with van der Waals surface area (Å²) in [6, 6.07) is 2.97.